The van der Waals surface area contributed by atoms with Crippen LogP contribution in [0.1, 0.15) is 59.4 Å². The van der Waals surface area contributed by atoms with Gasteiger partial charge in [0.15, 0.2) is 0 Å². The molecule has 0 radical (unpaired) electrons. The molecule has 4 heteroatoms. The van der Waals surface area contributed by atoms with E-state index in [0.717, 1.165) is 31.4 Å². The molecule has 2 bridgehead atoms. The van der Waals surface area contributed by atoms with Gasteiger partial charge in [-0.2, -0.15) is 0 Å². The maximum atomic E-state index is 13.5. The van der Waals surface area contributed by atoms with Crippen LogP contribution in [0.15, 0.2) is 66.7 Å². The molecule has 1 saturated heterocycles. The molecule has 2 aliphatic heterocycles. The summed E-state index contributed by atoms with van der Waals surface area (Å²) in [6, 6.07) is 21.5. The zero-order valence-corrected chi connectivity index (χ0v) is 21.3. The van der Waals surface area contributed by atoms with E-state index in [9.17, 15) is 4.79 Å². The maximum absolute atomic E-state index is 13.5. The minimum Gasteiger partial charge on any atom is -0.497 e. The Kier molecular flexibility index (Phi) is 5.83. The zero-order valence-electron chi connectivity index (χ0n) is 21.3. The van der Waals surface area contributed by atoms with Crippen LogP contribution < -0.4 is 4.74 Å². The number of rotatable bonds is 4. The first-order valence-electron chi connectivity index (χ1n) is 13.0. The van der Waals surface area contributed by atoms with Crippen LogP contribution in [-0.2, 0) is 4.74 Å². The number of amides is 1. The SMILES string of the molecule is COc1cc(C)c(C2=CC3CCCC(C2)N3C(=O)OCC2c3ccccc3-c3ccccc32)c(C)c1. The summed E-state index contributed by atoms with van der Waals surface area (Å²) in [6.07, 6.45) is 6.16. The quantitative estimate of drug-likeness (QED) is 0.395. The number of piperidine rings is 1. The Morgan fingerprint density at radius 2 is 1.58 bits per heavy atom. The Labute approximate surface area is 213 Å². The smallest absolute Gasteiger partial charge is 0.410 e. The van der Waals surface area contributed by atoms with Crippen LogP contribution in [0.5, 0.6) is 5.75 Å². The van der Waals surface area contributed by atoms with Gasteiger partial charge < -0.3 is 9.47 Å². The van der Waals surface area contributed by atoms with E-state index in [2.05, 4.69) is 80.6 Å². The van der Waals surface area contributed by atoms with E-state index in [1.54, 1.807) is 7.11 Å². The van der Waals surface area contributed by atoms with Gasteiger partial charge in [0, 0.05) is 12.0 Å². The highest BCUT2D eigenvalue weighted by atomic mass is 16.6. The number of benzene rings is 3. The summed E-state index contributed by atoms with van der Waals surface area (Å²) < 4.78 is 11.5. The normalized spacial score (nSPS) is 20.4. The molecule has 2 unspecified atom stereocenters. The van der Waals surface area contributed by atoms with E-state index < -0.39 is 0 Å². The molecule has 1 fully saturated rings. The predicted octanol–water partition coefficient (Wildman–Crippen LogP) is 7.27. The van der Waals surface area contributed by atoms with Crippen LogP contribution in [-0.4, -0.2) is 36.8 Å². The Balaban J connectivity index is 1.23. The summed E-state index contributed by atoms with van der Waals surface area (Å²) in [5.41, 5.74) is 10.1. The number of carbonyl (C=O) groups is 1. The molecule has 3 aliphatic rings. The number of aryl methyl sites for hydroxylation is 2. The molecule has 0 aromatic heterocycles. The van der Waals surface area contributed by atoms with Gasteiger partial charge in [0.2, 0.25) is 0 Å². The average molecular weight is 480 g/mol. The molecule has 2 heterocycles. The molecule has 1 aliphatic carbocycles. The monoisotopic (exact) mass is 479 g/mol. The number of nitrogens with zero attached hydrogens (tertiary/aromatic N) is 1. The van der Waals surface area contributed by atoms with Crippen molar-refractivity contribution in [1.29, 1.82) is 0 Å². The molecule has 3 aromatic carbocycles. The van der Waals surface area contributed by atoms with Crippen molar-refractivity contribution >= 4 is 11.7 Å². The van der Waals surface area contributed by atoms with E-state index >= 15 is 0 Å². The van der Waals surface area contributed by atoms with Crippen molar-refractivity contribution in [2.24, 2.45) is 0 Å². The Morgan fingerprint density at radius 1 is 0.944 bits per heavy atom. The molecule has 3 aromatic rings. The van der Waals surface area contributed by atoms with Crippen molar-refractivity contribution in [3.05, 3.63) is 94.6 Å². The van der Waals surface area contributed by atoms with Gasteiger partial charge in [-0.1, -0.05) is 54.6 Å². The number of methoxy groups -OCH3 is 1. The third-order valence-corrected chi connectivity index (χ3v) is 8.25. The molecule has 0 saturated carbocycles. The Hall–Kier alpha value is -3.53. The molecule has 1 amide bonds. The lowest BCUT2D eigenvalue weighted by atomic mass is 9.81. The van der Waals surface area contributed by atoms with Crippen LogP contribution in [0.25, 0.3) is 16.7 Å². The Morgan fingerprint density at radius 3 is 2.19 bits per heavy atom. The standard InChI is InChI=1S/C32H33NO3/c1-20-15-25(35-3)16-21(2)31(20)22-17-23-9-8-10-24(18-22)33(23)32(34)36-19-30-28-13-6-4-11-26(28)27-12-5-7-14-29(27)30/h4-7,11-17,23-24,30H,8-10,18-19H2,1-3H3. The highest BCUT2D eigenvalue weighted by Gasteiger charge is 2.39. The summed E-state index contributed by atoms with van der Waals surface area (Å²) in [4.78, 5) is 15.5. The van der Waals surface area contributed by atoms with E-state index in [4.69, 9.17) is 9.47 Å². The fourth-order valence-electron chi connectivity index (χ4n) is 6.72. The molecule has 0 N–H and O–H groups in total. The predicted molar refractivity (Wildman–Crippen MR) is 143 cm³/mol. The van der Waals surface area contributed by atoms with Crippen LogP contribution in [0.3, 0.4) is 0 Å². The van der Waals surface area contributed by atoms with E-state index in [0.29, 0.717) is 6.61 Å². The number of fused-ring (bicyclic) bond motifs is 5. The number of hydrogen-bond donors (Lipinski definition) is 0. The fourth-order valence-corrected chi connectivity index (χ4v) is 6.72. The largest absolute Gasteiger partial charge is 0.497 e. The first kappa shape index (κ1) is 22.9. The van der Waals surface area contributed by atoms with Crippen molar-refractivity contribution in [3.8, 4) is 16.9 Å². The highest BCUT2D eigenvalue weighted by molar-refractivity contribution is 5.80. The second-order valence-corrected chi connectivity index (χ2v) is 10.4. The first-order chi connectivity index (χ1) is 17.5. The average Bonchev–Trinajstić information content (AvgIpc) is 3.20. The van der Waals surface area contributed by atoms with Gasteiger partial charge in [0.05, 0.1) is 13.2 Å². The minimum atomic E-state index is -0.176. The summed E-state index contributed by atoms with van der Waals surface area (Å²) in [6.45, 7) is 4.68. The molecule has 2 atom stereocenters. The topological polar surface area (TPSA) is 38.8 Å². The lowest BCUT2D eigenvalue weighted by Gasteiger charge is -2.44. The molecular formula is C32H33NO3. The number of hydrogen-bond acceptors (Lipinski definition) is 3. The van der Waals surface area contributed by atoms with Crippen LogP contribution in [0, 0.1) is 13.8 Å². The molecule has 184 valence electrons. The second kappa shape index (κ2) is 9.16. The van der Waals surface area contributed by atoms with Gasteiger partial charge in [-0.3, -0.25) is 4.90 Å². The lowest BCUT2D eigenvalue weighted by molar-refractivity contribution is 0.0539. The number of ether oxygens (including phenoxy) is 2. The van der Waals surface area contributed by atoms with Crippen molar-refractivity contribution in [3.63, 3.8) is 0 Å². The van der Waals surface area contributed by atoms with Gasteiger partial charge >= 0.3 is 6.09 Å². The molecule has 0 spiro atoms. The Bertz CT molecular complexity index is 1290. The van der Waals surface area contributed by atoms with Gasteiger partial charge in [0.25, 0.3) is 0 Å². The third kappa shape index (κ3) is 3.80. The summed E-state index contributed by atoms with van der Waals surface area (Å²) in [5, 5.41) is 0. The van der Waals surface area contributed by atoms with Gasteiger partial charge in [0.1, 0.15) is 12.4 Å². The van der Waals surface area contributed by atoms with Crippen LogP contribution in [0.2, 0.25) is 0 Å². The highest BCUT2D eigenvalue weighted by Crippen LogP contribution is 2.45. The van der Waals surface area contributed by atoms with Gasteiger partial charge in [-0.25, -0.2) is 4.79 Å². The van der Waals surface area contributed by atoms with E-state index in [1.165, 1.54) is 44.5 Å². The van der Waals surface area contributed by atoms with Crippen molar-refractivity contribution in [1.82, 2.24) is 4.90 Å². The van der Waals surface area contributed by atoms with Crippen molar-refractivity contribution < 1.29 is 14.3 Å². The van der Waals surface area contributed by atoms with Crippen LogP contribution in [0.4, 0.5) is 4.79 Å². The van der Waals surface area contributed by atoms with Crippen molar-refractivity contribution in [2.45, 2.75) is 57.5 Å². The maximum Gasteiger partial charge on any atom is 0.410 e. The zero-order chi connectivity index (χ0) is 24.8. The minimum absolute atomic E-state index is 0.0849. The van der Waals surface area contributed by atoms with E-state index in [1.807, 2.05) is 4.90 Å². The molecule has 36 heavy (non-hydrogen) atoms. The number of carbonyl (C=O) groups excluding carboxylic acids is 1. The van der Waals surface area contributed by atoms with Gasteiger partial charge in [-0.05, 0) is 96.2 Å². The molecular weight excluding hydrogens is 446 g/mol. The van der Waals surface area contributed by atoms with E-state index in [-0.39, 0.29) is 24.1 Å². The molecule has 4 nitrogen and oxygen atoms in total. The van der Waals surface area contributed by atoms with Crippen molar-refractivity contribution in [2.75, 3.05) is 13.7 Å². The summed E-state index contributed by atoms with van der Waals surface area (Å²) in [7, 11) is 1.71. The second-order valence-electron chi connectivity index (χ2n) is 10.4. The fraction of sp³-hybridized carbons (Fsp3) is 0.344. The lowest BCUT2D eigenvalue weighted by Crippen LogP contribution is -2.52. The first-order valence-corrected chi connectivity index (χ1v) is 13.0. The van der Waals surface area contributed by atoms with Gasteiger partial charge in [-0.15, -0.1) is 0 Å². The summed E-state index contributed by atoms with van der Waals surface area (Å²) >= 11 is 0. The van der Waals surface area contributed by atoms with Crippen LogP contribution >= 0.6 is 0 Å². The summed E-state index contributed by atoms with van der Waals surface area (Å²) in [5.74, 6) is 0.979. The molecule has 6 rings (SSSR count). The third-order valence-electron chi connectivity index (χ3n) is 8.25.